The van der Waals surface area contributed by atoms with Gasteiger partial charge >= 0.3 is 0 Å². The van der Waals surface area contributed by atoms with E-state index in [1.807, 2.05) is 30.1 Å². The molecule has 0 aliphatic carbocycles. The van der Waals surface area contributed by atoms with Gasteiger partial charge in [-0.15, -0.1) is 0 Å². The van der Waals surface area contributed by atoms with Gasteiger partial charge in [-0.2, -0.15) is 0 Å². The number of carbonyl (C=O) groups is 2. The number of benzene rings is 1. The Kier molecular flexibility index (Phi) is 4.56. The molecule has 1 spiro atoms. The highest BCUT2D eigenvalue weighted by Crippen LogP contribution is 2.34. The topological polar surface area (TPSA) is 65.5 Å². The predicted octanol–water partition coefficient (Wildman–Crippen LogP) is 2.21. The molecule has 1 saturated heterocycles. The summed E-state index contributed by atoms with van der Waals surface area (Å²) in [6, 6.07) is 13.7. The second kappa shape index (κ2) is 7.02. The summed E-state index contributed by atoms with van der Waals surface area (Å²) in [5.41, 5.74) is 1.32. The number of amides is 2. The molecule has 3 heterocycles. The van der Waals surface area contributed by atoms with E-state index in [1.165, 1.54) is 5.56 Å². The lowest BCUT2D eigenvalue weighted by Gasteiger charge is -2.50. The minimum Gasteiger partial charge on any atom is -0.342 e. The summed E-state index contributed by atoms with van der Waals surface area (Å²) in [7, 11) is 1.97. The van der Waals surface area contributed by atoms with E-state index in [1.54, 1.807) is 18.3 Å². The third-order valence-electron chi connectivity index (χ3n) is 5.75. The van der Waals surface area contributed by atoms with Crippen LogP contribution < -0.4 is 10.2 Å². The summed E-state index contributed by atoms with van der Waals surface area (Å²) in [6.07, 6.45) is 4.38. The summed E-state index contributed by atoms with van der Waals surface area (Å²) in [5.74, 6) is 0.808. The van der Waals surface area contributed by atoms with Crippen molar-refractivity contribution in [3.05, 3.63) is 59.8 Å². The van der Waals surface area contributed by atoms with Crippen molar-refractivity contribution in [2.45, 2.75) is 31.3 Å². The van der Waals surface area contributed by atoms with Crippen LogP contribution in [0.3, 0.4) is 0 Å². The van der Waals surface area contributed by atoms with E-state index in [2.05, 4.69) is 27.3 Å². The lowest BCUT2D eigenvalue weighted by molar-refractivity contribution is -0.132. The quantitative estimate of drug-likeness (QED) is 0.907. The van der Waals surface area contributed by atoms with Gasteiger partial charge < -0.3 is 15.1 Å². The Morgan fingerprint density at radius 3 is 2.63 bits per heavy atom. The van der Waals surface area contributed by atoms with E-state index in [-0.39, 0.29) is 11.8 Å². The first-order valence-corrected chi connectivity index (χ1v) is 9.42. The maximum atomic E-state index is 12.6. The van der Waals surface area contributed by atoms with Gasteiger partial charge in [-0.25, -0.2) is 4.98 Å². The van der Waals surface area contributed by atoms with Crippen LogP contribution in [0.25, 0.3) is 0 Å². The van der Waals surface area contributed by atoms with Gasteiger partial charge in [0, 0.05) is 45.6 Å². The molecule has 4 rings (SSSR count). The molecule has 0 bridgehead atoms. The van der Waals surface area contributed by atoms with Crippen molar-refractivity contribution in [1.82, 2.24) is 15.2 Å². The van der Waals surface area contributed by atoms with Crippen molar-refractivity contribution in [2.24, 2.45) is 0 Å². The first-order valence-electron chi connectivity index (χ1n) is 9.42. The highest BCUT2D eigenvalue weighted by molar-refractivity contribution is 6.01. The molecule has 0 saturated carbocycles. The minimum atomic E-state index is -0.464. The van der Waals surface area contributed by atoms with E-state index in [0.29, 0.717) is 43.7 Å². The second-order valence-electron chi connectivity index (χ2n) is 7.29. The van der Waals surface area contributed by atoms with Crippen LogP contribution in [-0.4, -0.2) is 47.5 Å². The highest BCUT2D eigenvalue weighted by atomic mass is 16.2. The van der Waals surface area contributed by atoms with Crippen molar-refractivity contribution >= 4 is 17.6 Å². The second-order valence-corrected chi connectivity index (χ2v) is 7.29. The van der Waals surface area contributed by atoms with Crippen LogP contribution in [-0.2, 0) is 11.2 Å². The molecular weight excluding hydrogens is 340 g/mol. The number of rotatable bonds is 3. The zero-order valence-electron chi connectivity index (χ0n) is 15.5. The number of aryl methyl sites for hydroxylation is 1. The van der Waals surface area contributed by atoms with Gasteiger partial charge in [0.2, 0.25) is 5.91 Å². The predicted molar refractivity (Wildman–Crippen MR) is 103 cm³/mol. The normalized spacial score (nSPS) is 18.2. The molecule has 2 aliphatic rings. The molecule has 1 aromatic carbocycles. The average molecular weight is 364 g/mol. The largest absolute Gasteiger partial charge is 0.342 e. The van der Waals surface area contributed by atoms with Gasteiger partial charge in [0.25, 0.3) is 5.91 Å². The molecule has 0 unspecified atom stereocenters. The van der Waals surface area contributed by atoms with Crippen LogP contribution in [0.1, 0.15) is 35.2 Å². The monoisotopic (exact) mass is 364 g/mol. The summed E-state index contributed by atoms with van der Waals surface area (Å²) >= 11 is 0. The standard InChI is InChI=1S/C21H24N4O2/c1-24-19-17(8-5-13-22-19)20(27)23-21(24)11-14-25(15-12-21)18(26)10-9-16-6-3-2-4-7-16/h2-8,13H,9-12,14-15H2,1H3,(H,23,27). The van der Waals surface area contributed by atoms with Gasteiger partial charge in [0.05, 0.1) is 5.56 Å². The van der Waals surface area contributed by atoms with Crippen LogP contribution in [0.15, 0.2) is 48.7 Å². The molecule has 2 amide bonds. The molecule has 1 N–H and O–H groups in total. The molecule has 1 aromatic heterocycles. The summed E-state index contributed by atoms with van der Waals surface area (Å²) in [4.78, 5) is 33.5. The molecule has 0 atom stereocenters. The number of likely N-dealkylation sites (tertiary alicyclic amines) is 1. The number of carbonyl (C=O) groups excluding carboxylic acids is 2. The Morgan fingerprint density at radius 2 is 1.89 bits per heavy atom. The van der Waals surface area contributed by atoms with Crippen LogP contribution in [0.4, 0.5) is 5.82 Å². The van der Waals surface area contributed by atoms with Crippen molar-refractivity contribution in [2.75, 3.05) is 25.0 Å². The fourth-order valence-corrected chi connectivity index (χ4v) is 4.05. The first kappa shape index (κ1) is 17.5. The minimum absolute atomic E-state index is 0.0833. The molecular formula is C21H24N4O2. The van der Waals surface area contributed by atoms with Crippen LogP contribution in [0.2, 0.25) is 0 Å². The van der Waals surface area contributed by atoms with Crippen LogP contribution in [0.5, 0.6) is 0 Å². The number of hydrogen-bond donors (Lipinski definition) is 1. The fourth-order valence-electron chi connectivity index (χ4n) is 4.05. The lowest BCUT2D eigenvalue weighted by atomic mass is 9.91. The first-order chi connectivity index (χ1) is 13.1. The molecule has 0 radical (unpaired) electrons. The van der Waals surface area contributed by atoms with E-state index < -0.39 is 5.66 Å². The van der Waals surface area contributed by atoms with Gasteiger partial charge in [-0.05, 0) is 24.1 Å². The van der Waals surface area contributed by atoms with Crippen molar-refractivity contribution in [3.63, 3.8) is 0 Å². The number of fused-ring (bicyclic) bond motifs is 1. The molecule has 27 heavy (non-hydrogen) atoms. The number of piperidine rings is 1. The molecule has 140 valence electrons. The Labute approximate surface area is 159 Å². The van der Waals surface area contributed by atoms with Crippen LogP contribution >= 0.6 is 0 Å². The van der Waals surface area contributed by atoms with Gasteiger partial charge in [-0.3, -0.25) is 9.59 Å². The average Bonchev–Trinajstić information content (AvgIpc) is 2.72. The number of nitrogens with one attached hydrogen (secondary N) is 1. The smallest absolute Gasteiger partial charge is 0.256 e. The van der Waals surface area contributed by atoms with E-state index in [4.69, 9.17) is 0 Å². The summed E-state index contributed by atoms with van der Waals surface area (Å²) in [5, 5.41) is 3.16. The summed E-state index contributed by atoms with van der Waals surface area (Å²) < 4.78 is 0. The van der Waals surface area contributed by atoms with Crippen LogP contribution in [0, 0.1) is 0 Å². The number of anilines is 1. The maximum Gasteiger partial charge on any atom is 0.256 e. The zero-order chi connectivity index (χ0) is 18.9. The number of aromatic nitrogens is 1. The van der Waals surface area contributed by atoms with Crippen molar-refractivity contribution in [1.29, 1.82) is 0 Å². The third-order valence-corrected chi connectivity index (χ3v) is 5.75. The number of pyridine rings is 1. The number of nitrogens with zero attached hydrogens (tertiary/aromatic N) is 3. The summed E-state index contributed by atoms with van der Waals surface area (Å²) in [6.45, 7) is 1.28. The van der Waals surface area contributed by atoms with Crippen molar-refractivity contribution in [3.8, 4) is 0 Å². The van der Waals surface area contributed by atoms with Crippen molar-refractivity contribution < 1.29 is 9.59 Å². The fraction of sp³-hybridized carbons (Fsp3) is 0.381. The molecule has 2 aliphatic heterocycles. The van der Waals surface area contributed by atoms with E-state index in [0.717, 1.165) is 6.42 Å². The zero-order valence-corrected chi connectivity index (χ0v) is 15.5. The Balaban J connectivity index is 1.40. The Morgan fingerprint density at radius 1 is 1.15 bits per heavy atom. The molecule has 6 nitrogen and oxygen atoms in total. The number of hydrogen-bond acceptors (Lipinski definition) is 4. The molecule has 1 fully saturated rings. The van der Waals surface area contributed by atoms with Gasteiger partial charge in [0.15, 0.2) is 0 Å². The highest BCUT2D eigenvalue weighted by Gasteiger charge is 2.45. The van der Waals surface area contributed by atoms with Gasteiger partial charge in [-0.1, -0.05) is 30.3 Å². The maximum absolute atomic E-state index is 12.6. The van der Waals surface area contributed by atoms with Gasteiger partial charge in [0.1, 0.15) is 11.5 Å². The van der Waals surface area contributed by atoms with E-state index in [9.17, 15) is 9.59 Å². The Bertz CT molecular complexity index is 844. The third kappa shape index (κ3) is 3.27. The molecule has 2 aromatic rings. The van der Waals surface area contributed by atoms with E-state index >= 15 is 0 Å². The molecule has 6 heteroatoms. The Hall–Kier alpha value is -2.89. The SMILES string of the molecule is CN1c2ncccc2C(=O)NC12CCN(C(=O)CCc1ccccc1)CC2. The lowest BCUT2D eigenvalue weighted by Crippen LogP contribution is -2.67.